The van der Waals surface area contributed by atoms with Crippen LogP contribution in [0.25, 0.3) is 0 Å². The van der Waals surface area contributed by atoms with Crippen molar-refractivity contribution in [2.24, 2.45) is 0 Å². The molecule has 0 bridgehead atoms. The van der Waals surface area contributed by atoms with Crippen molar-refractivity contribution in [2.75, 3.05) is 13.2 Å². The standard InChI is InChI=1S/C66H108O6/c1-4-7-10-13-16-19-22-25-28-31-33-35-38-41-44-47-50-53-56-59-65(68)71-62-63(61-70-64(67)58-55-52-49-46-43-40-37-30-27-24-21-18-15-12-9-6-3)72-66(69)60-57-54-51-48-45-42-39-36-34-32-29-26-23-20-17-14-11-8-5-2/h7,9-10,12-13,16,18-19,21-22,25,27-28,30-31,33,35,38,41,44,63H,4-6,8,11,14-15,17,20,23-24,26,29,32,34,36-37,39-40,42-43,45-62H2,1-3H3/b10-7-,12-9-,16-13-,21-18-,22-19-,28-25-,30-27-,33-31+,38-35-,44-41-. The summed E-state index contributed by atoms with van der Waals surface area (Å²) in [6.45, 7) is 6.35. The SMILES string of the molecule is CC\C=C/C=C\C=C/C=C\C=C\C=C/C=C\CCCCCC(=O)OCC(COC(=O)CCCCCCCC/C=C\C/C=C\C/C=C\CC)OC(=O)CCCCCCCCCCCCCCCCCCCCC. The van der Waals surface area contributed by atoms with Crippen LogP contribution in [0.15, 0.2) is 122 Å². The highest BCUT2D eigenvalue weighted by Gasteiger charge is 2.19. The van der Waals surface area contributed by atoms with Crippen molar-refractivity contribution < 1.29 is 28.6 Å². The highest BCUT2D eigenvalue weighted by Crippen LogP contribution is 2.16. The molecular formula is C66H108O6. The Hall–Kier alpha value is -4.19. The molecule has 72 heavy (non-hydrogen) atoms. The summed E-state index contributed by atoms with van der Waals surface area (Å²) >= 11 is 0. The summed E-state index contributed by atoms with van der Waals surface area (Å²) in [5, 5.41) is 0. The number of rotatable bonds is 52. The molecule has 0 N–H and O–H groups in total. The third-order valence-corrected chi connectivity index (χ3v) is 12.4. The van der Waals surface area contributed by atoms with Gasteiger partial charge in [-0.1, -0.05) is 290 Å². The Labute approximate surface area is 443 Å². The molecule has 0 aliphatic heterocycles. The lowest BCUT2D eigenvalue weighted by Gasteiger charge is -2.18. The largest absolute Gasteiger partial charge is 0.462 e. The Kier molecular flexibility index (Phi) is 55.9. The van der Waals surface area contributed by atoms with Gasteiger partial charge in [0.15, 0.2) is 6.10 Å². The lowest BCUT2D eigenvalue weighted by Crippen LogP contribution is -2.30. The monoisotopic (exact) mass is 997 g/mol. The van der Waals surface area contributed by atoms with Crippen molar-refractivity contribution >= 4 is 17.9 Å². The summed E-state index contributed by atoms with van der Waals surface area (Å²) in [4.78, 5) is 38.2. The molecule has 6 nitrogen and oxygen atoms in total. The van der Waals surface area contributed by atoms with Crippen molar-refractivity contribution in [3.05, 3.63) is 122 Å². The van der Waals surface area contributed by atoms with Gasteiger partial charge in [-0.3, -0.25) is 14.4 Å². The van der Waals surface area contributed by atoms with Crippen LogP contribution in [0.5, 0.6) is 0 Å². The first-order valence-corrected chi connectivity index (χ1v) is 29.6. The zero-order valence-corrected chi connectivity index (χ0v) is 46.7. The molecule has 0 radical (unpaired) electrons. The molecule has 0 aromatic heterocycles. The van der Waals surface area contributed by atoms with Gasteiger partial charge in [0.05, 0.1) is 0 Å². The maximum Gasteiger partial charge on any atom is 0.306 e. The van der Waals surface area contributed by atoms with Gasteiger partial charge in [0, 0.05) is 19.3 Å². The number of esters is 3. The van der Waals surface area contributed by atoms with Crippen LogP contribution < -0.4 is 0 Å². The predicted octanol–water partition coefficient (Wildman–Crippen LogP) is 20.0. The van der Waals surface area contributed by atoms with E-state index >= 15 is 0 Å². The lowest BCUT2D eigenvalue weighted by atomic mass is 10.0. The average molecular weight is 998 g/mol. The van der Waals surface area contributed by atoms with Crippen molar-refractivity contribution in [3.8, 4) is 0 Å². The van der Waals surface area contributed by atoms with Gasteiger partial charge >= 0.3 is 17.9 Å². The van der Waals surface area contributed by atoms with E-state index in [1.165, 1.54) is 116 Å². The maximum atomic E-state index is 12.9. The number of hydrogen-bond donors (Lipinski definition) is 0. The molecule has 0 amide bonds. The Morgan fingerprint density at radius 3 is 1.03 bits per heavy atom. The average Bonchev–Trinajstić information content (AvgIpc) is 3.38. The summed E-state index contributed by atoms with van der Waals surface area (Å²) in [5.41, 5.74) is 0. The molecule has 1 unspecified atom stereocenters. The predicted molar refractivity (Wildman–Crippen MR) is 311 cm³/mol. The molecule has 0 rings (SSSR count). The Balaban J connectivity index is 4.50. The van der Waals surface area contributed by atoms with E-state index in [1.54, 1.807) is 0 Å². The molecule has 1 atom stereocenters. The van der Waals surface area contributed by atoms with Gasteiger partial charge in [-0.25, -0.2) is 0 Å². The molecule has 0 aromatic rings. The van der Waals surface area contributed by atoms with Gasteiger partial charge < -0.3 is 14.2 Å². The minimum absolute atomic E-state index is 0.101. The Morgan fingerprint density at radius 2 is 0.611 bits per heavy atom. The number of carbonyl (C=O) groups is 3. The van der Waals surface area contributed by atoms with Crippen LogP contribution in [0.3, 0.4) is 0 Å². The van der Waals surface area contributed by atoms with Crippen molar-refractivity contribution in [2.45, 2.75) is 264 Å². The van der Waals surface area contributed by atoms with Crippen LogP contribution in [0.4, 0.5) is 0 Å². The van der Waals surface area contributed by atoms with E-state index in [0.29, 0.717) is 19.3 Å². The van der Waals surface area contributed by atoms with Gasteiger partial charge in [0.1, 0.15) is 13.2 Å². The molecule has 0 aromatic carbocycles. The summed E-state index contributed by atoms with van der Waals surface area (Å²) in [5.74, 6) is -0.955. The lowest BCUT2D eigenvalue weighted by molar-refractivity contribution is -0.167. The van der Waals surface area contributed by atoms with Gasteiger partial charge in [-0.2, -0.15) is 0 Å². The molecule has 6 heteroatoms. The normalized spacial score (nSPS) is 13.0. The molecule has 0 saturated carbocycles. The van der Waals surface area contributed by atoms with E-state index < -0.39 is 6.10 Å². The van der Waals surface area contributed by atoms with Crippen molar-refractivity contribution in [1.29, 1.82) is 0 Å². The fraction of sp³-hybridized carbons (Fsp3) is 0.652. The first-order chi connectivity index (χ1) is 35.5. The van der Waals surface area contributed by atoms with Crippen molar-refractivity contribution in [1.82, 2.24) is 0 Å². The van der Waals surface area contributed by atoms with E-state index in [-0.39, 0.29) is 31.1 Å². The zero-order chi connectivity index (χ0) is 52.2. The molecular weight excluding hydrogens is 889 g/mol. The fourth-order valence-electron chi connectivity index (χ4n) is 8.03. The summed E-state index contributed by atoms with van der Waals surface area (Å²) in [6, 6.07) is 0. The van der Waals surface area contributed by atoms with Gasteiger partial charge in [-0.15, -0.1) is 0 Å². The number of allylic oxidation sites excluding steroid dienone is 20. The number of carbonyl (C=O) groups excluding carboxylic acids is 3. The molecule has 0 spiro atoms. The van der Waals surface area contributed by atoms with E-state index in [0.717, 1.165) is 103 Å². The Bertz CT molecular complexity index is 1520. The van der Waals surface area contributed by atoms with E-state index in [2.05, 4.69) is 69.4 Å². The number of unbranched alkanes of at least 4 members (excludes halogenated alkanes) is 27. The van der Waals surface area contributed by atoms with Crippen LogP contribution in [-0.4, -0.2) is 37.2 Å². The molecule has 0 aliphatic rings. The highest BCUT2D eigenvalue weighted by molar-refractivity contribution is 5.71. The third-order valence-electron chi connectivity index (χ3n) is 12.4. The number of ether oxygens (including phenoxy) is 3. The van der Waals surface area contributed by atoms with Crippen LogP contribution in [-0.2, 0) is 28.6 Å². The molecule has 0 heterocycles. The van der Waals surface area contributed by atoms with Gasteiger partial charge in [-0.05, 0) is 70.6 Å². The third kappa shape index (κ3) is 56.7. The van der Waals surface area contributed by atoms with Crippen LogP contribution in [0, 0.1) is 0 Å². The van der Waals surface area contributed by atoms with Gasteiger partial charge in [0.25, 0.3) is 0 Å². The van der Waals surface area contributed by atoms with E-state index in [4.69, 9.17) is 14.2 Å². The Morgan fingerprint density at radius 1 is 0.306 bits per heavy atom. The zero-order valence-electron chi connectivity index (χ0n) is 46.7. The number of hydrogen-bond acceptors (Lipinski definition) is 6. The highest BCUT2D eigenvalue weighted by atomic mass is 16.6. The second kappa shape index (κ2) is 59.4. The fourth-order valence-corrected chi connectivity index (χ4v) is 8.03. The minimum Gasteiger partial charge on any atom is -0.462 e. The summed E-state index contributed by atoms with van der Waals surface area (Å²) in [6.07, 6.45) is 81.9. The second-order valence-electron chi connectivity index (χ2n) is 19.3. The molecule has 0 aliphatic carbocycles. The quantitative estimate of drug-likeness (QED) is 0.0199. The minimum atomic E-state index is -0.806. The second-order valence-corrected chi connectivity index (χ2v) is 19.3. The smallest absolute Gasteiger partial charge is 0.306 e. The van der Waals surface area contributed by atoms with Gasteiger partial charge in [0.2, 0.25) is 0 Å². The summed E-state index contributed by atoms with van der Waals surface area (Å²) < 4.78 is 16.9. The molecule has 0 fully saturated rings. The van der Waals surface area contributed by atoms with Crippen molar-refractivity contribution in [3.63, 3.8) is 0 Å². The van der Waals surface area contributed by atoms with Crippen LogP contribution in [0.1, 0.15) is 258 Å². The molecule has 0 saturated heterocycles. The first kappa shape index (κ1) is 67.8. The van der Waals surface area contributed by atoms with Crippen LogP contribution >= 0.6 is 0 Å². The first-order valence-electron chi connectivity index (χ1n) is 29.6. The topological polar surface area (TPSA) is 78.9 Å². The summed E-state index contributed by atoms with van der Waals surface area (Å²) in [7, 11) is 0. The van der Waals surface area contributed by atoms with Crippen LogP contribution in [0.2, 0.25) is 0 Å². The van der Waals surface area contributed by atoms with E-state index in [1.807, 2.05) is 72.9 Å². The van der Waals surface area contributed by atoms with E-state index in [9.17, 15) is 14.4 Å². The maximum absolute atomic E-state index is 12.9. The molecule has 408 valence electrons.